The zero-order valence-corrected chi connectivity index (χ0v) is 9.80. The molecule has 1 aromatic heterocycles. The fourth-order valence-corrected chi connectivity index (χ4v) is 2.55. The van der Waals surface area contributed by atoms with Crippen LogP contribution in [0.4, 0.5) is 0 Å². The predicted octanol–water partition coefficient (Wildman–Crippen LogP) is 2.37. The van der Waals surface area contributed by atoms with Crippen LogP contribution in [0.2, 0.25) is 0 Å². The van der Waals surface area contributed by atoms with Crippen LogP contribution in [0.1, 0.15) is 56.7 Å². The number of aromatic nitrogens is 2. The van der Waals surface area contributed by atoms with Gasteiger partial charge in [0, 0.05) is 11.3 Å². The molecule has 1 aromatic rings. The second kappa shape index (κ2) is 3.63. The van der Waals surface area contributed by atoms with E-state index in [2.05, 4.69) is 31.0 Å². The summed E-state index contributed by atoms with van der Waals surface area (Å²) in [6.45, 7) is 6.52. The van der Waals surface area contributed by atoms with Gasteiger partial charge in [0.25, 0.3) is 0 Å². The number of nitrogens with zero attached hydrogens (tertiary/aromatic N) is 1. The van der Waals surface area contributed by atoms with E-state index < -0.39 is 0 Å². The first-order valence-corrected chi connectivity index (χ1v) is 5.77. The SMILES string of the molecule is CCCc1[nH]nc2c1C(O)CC(C)(C)C2. The maximum Gasteiger partial charge on any atom is 0.0831 e. The van der Waals surface area contributed by atoms with Crippen LogP contribution in [0.3, 0.4) is 0 Å². The molecule has 15 heavy (non-hydrogen) atoms. The quantitative estimate of drug-likeness (QED) is 0.784. The lowest BCUT2D eigenvalue weighted by Gasteiger charge is -2.32. The summed E-state index contributed by atoms with van der Waals surface area (Å²) in [7, 11) is 0. The highest BCUT2D eigenvalue weighted by Gasteiger charge is 2.34. The summed E-state index contributed by atoms with van der Waals surface area (Å²) in [6, 6.07) is 0. The van der Waals surface area contributed by atoms with Crippen molar-refractivity contribution in [2.24, 2.45) is 5.41 Å². The van der Waals surface area contributed by atoms with E-state index in [-0.39, 0.29) is 11.5 Å². The molecule has 1 heterocycles. The Morgan fingerprint density at radius 2 is 2.27 bits per heavy atom. The Balaban J connectivity index is 2.34. The minimum absolute atomic E-state index is 0.172. The molecule has 2 rings (SSSR count). The van der Waals surface area contributed by atoms with Crippen LogP contribution in [0, 0.1) is 5.41 Å². The molecule has 1 aliphatic carbocycles. The molecule has 3 heteroatoms. The Hall–Kier alpha value is -0.830. The number of aliphatic hydroxyl groups excluding tert-OH is 1. The topological polar surface area (TPSA) is 48.9 Å². The number of H-pyrrole nitrogens is 1. The lowest BCUT2D eigenvalue weighted by molar-refractivity contribution is 0.0985. The Morgan fingerprint density at radius 1 is 1.53 bits per heavy atom. The molecule has 0 saturated heterocycles. The fraction of sp³-hybridized carbons (Fsp3) is 0.750. The normalized spacial score (nSPS) is 23.9. The van der Waals surface area contributed by atoms with Gasteiger partial charge in [0.15, 0.2) is 0 Å². The number of hydrogen-bond donors (Lipinski definition) is 2. The molecular formula is C12H20N2O. The first kappa shape index (κ1) is 10.7. The molecule has 3 nitrogen and oxygen atoms in total. The Labute approximate surface area is 90.9 Å². The third-order valence-electron chi connectivity index (χ3n) is 3.19. The van der Waals surface area contributed by atoms with Crippen LogP contribution in [0.15, 0.2) is 0 Å². The minimum Gasteiger partial charge on any atom is -0.388 e. The molecular weight excluding hydrogens is 188 g/mol. The highest BCUT2D eigenvalue weighted by atomic mass is 16.3. The van der Waals surface area contributed by atoms with Gasteiger partial charge in [0.1, 0.15) is 0 Å². The van der Waals surface area contributed by atoms with Gasteiger partial charge in [-0.05, 0) is 24.7 Å². The number of aryl methyl sites for hydroxylation is 1. The average Bonchev–Trinajstić information content (AvgIpc) is 2.46. The minimum atomic E-state index is -0.330. The second-order valence-corrected chi connectivity index (χ2v) is 5.37. The van der Waals surface area contributed by atoms with Crippen molar-refractivity contribution in [3.05, 3.63) is 17.0 Å². The van der Waals surface area contributed by atoms with E-state index in [1.807, 2.05) is 0 Å². The molecule has 0 spiro atoms. The van der Waals surface area contributed by atoms with Crippen LogP contribution in [0.5, 0.6) is 0 Å². The lowest BCUT2D eigenvalue weighted by Crippen LogP contribution is -2.25. The van der Waals surface area contributed by atoms with E-state index in [0.29, 0.717) is 0 Å². The monoisotopic (exact) mass is 208 g/mol. The van der Waals surface area contributed by atoms with Crippen molar-refractivity contribution in [3.63, 3.8) is 0 Å². The molecule has 0 bridgehead atoms. The summed E-state index contributed by atoms with van der Waals surface area (Å²) in [6.07, 6.45) is 3.56. The largest absolute Gasteiger partial charge is 0.388 e. The van der Waals surface area contributed by atoms with Crippen molar-refractivity contribution in [3.8, 4) is 0 Å². The second-order valence-electron chi connectivity index (χ2n) is 5.37. The lowest BCUT2D eigenvalue weighted by atomic mass is 9.75. The summed E-state index contributed by atoms with van der Waals surface area (Å²) in [5.41, 5.74) is 3.46. The number of hydrogen-bond acceptors (Lipinski definition) is 2. The summed E-state index contributed by atoms with van der Waals surface area (Å²) < 4.78 is 0. The molecule has 0 amide bonds. The molecule has 1 unspecified atom stereocenters. The number of aromatic amines is 1. The molecule has 84 valence electrons. The number of aliphatic hydroxyl groups is 1. The van der Waals surface area contributed by atoms with Gasteiger partial charge in [0.2, 0.25) is 0 Å². The standard InChI is InChI=1S/C12H20N2O/c1-4-5-8-11-9(14-13-8)6-12(2,3)7-10(11)15/h10,15H,4-7H2,1-3H3,(H,13,14). The van der Waals surface area contributed by atoms with E-state index in [1.54, 1.807) is 0 Å². The summed E-state index contributed by atoms with van der Waals surface area (Å²) in [5.74, 6) is 0. The van der Waals surface area contributed by atoms with Crippen molar-refractivity contribution < 1.29 is 5.11 Å². The van der Waals surface area contributed by atoms with E-state index in [4.69, 9.17) is 0 Å². The summed E-state index contributed by atoms with van der Waals surface area (Å²) in [5, 5.41) is 17.5. The highest BCUT2D eigenvalue weighted by Crippen LogP contribution is 2.41. The first-order valence-electron chi connectivity index (χ1n) is 5.77. The third kappa shape index (κ3) is 1.93. The zero-order valence-electron chi connectivity index (χ0n) is 9.80. The Morgan fingerprint density at radius 3 is 2.93 bits per heavy atom. The Bertz CT molecular complexity index is 355. The molecule has 0 aromatic carbocycles. The average molecular weight is 208 g/mol. The van der Waals surface area contributed by atoms with Gasteiger partial charge in [-0.25, -0.2) is 0 Å². The fourth-order valence-electron chi connectivity index (χ4n) is 2.55. The predicted molar refractivity (Wildman–Crippen MR) is 59.6 cm³/mol. The summed E-state index contributed by atoms with van der Waals surface area (Å²) >= 11 is 0. The van der Waals surface area contributed by atoms with Gasteiger partial charge < -0.3 is 5.11 Å². The number of nitrogens with one attached hydrogen (secondary N) is 1. The van der Waals surface area contributed by atoms with E-state index in [9.17, 15) is 5.11 Å². The number of fused-ring (bicyclic) bond motifs is 1. The molecule has 0 fully saturated rings. The van der Waals surface area contributed by atoms with E-state index in [1.165, 1.54) is 0 Å². The third-order valence-corrected chi connectivity index (χ3v) is 3.19. The van der Waals surface area contributed by atoms with Crippen LogP contribution >= 0.6 is 0 Å². The van der Waals surface area contributed by atoms with Crippen LogP contribution in [-0.4, -0.2) is 15.3 Å². The molecule has 1 atom stereocenters. The van der Waals surface area contributed by atoms with Gasteiger partial charge in [-0.3, -0.25) is 5.10 Å². The van der Waals surface area contributed by atoms with Crippen LogP contribution < -0.4 is 0 Å². The number of rotatable bonds is 2. The van der Waals surface area contributed by atoms with Crippen LogP contribution in [0.25, 0.3) is 0 Å². The van der Waals surface area contributed by atoms with Crippen molar-refractivity contribution in [1.29, 1.82) is 0 Å². The van der Waals surface area contributed by atoms with Crippen LogP contribution in [-0.2, 0) is 12.8 Å². The van der Waals surface area contributed by atoms with Crippen molar-refractivity contribution >= 4 is 0 Å². The van der Waals surface area contributed by atoms with Gasteiger partial charge in [-0.2, -0.15) is 5.10 Å². The highest BCUT2D eigenvalue weighted by molar-refractivity contribution is 5.31. The molecule has 0 aliphatic heterocycles. The van der Waals surface area contributed by atoms with Crippen molar-refractivity contribution in [2.45, 2.75) is 52.6 Å². The Kier molecular flexibility index (Phi) is 2.59. The first-order chi connectivity index (χ1) is 7.03. The van der Waals surface area contributed by atoms with Crippen molar-refractivity contribution in [1.82, 2.24) is 10.2 Å². The molecule has 1 aliphatic rings. The zero-order chi connectivity index (χ0) is 11.1. The molecule has 0 radical (unpaired) electrons. The van der Waals surface area contributed by atoms with Gasteiger partial charge in [-0.15, -0.1) is 0 Å². The molecule has 2 N–H and O–H groups in total. The smallest absolute Gasteiger partial charge is 0.0831 e. The van der Waals surface area contributed by atoms with E-state index in [0.717, 1.165) is 42.6 Å². The molecule has 0 saturated carbocycles. The van der Waals surface area contributed by atoms with E-state index >= 15 is 0 Å². The maximum atomic E-state index is 10.1. The van der Waals surface area contributed by atoms with Gasteiger partial charge in [-0.1, -0.05) is 27.2 Å². The maximum absolute atomic E-state index is 10.1. The summed E-state index contributed by atoms with van der Waals surface area (Å²) in [4.78, 5) is 0. The van der Waals surface area contributed by atoms with Crippen molar-refractivity contribution in [2.75, 3.05) is 0 Å². The van der Waals surface area contributed by atoms with Gasteiger partial charge >= 0.3 is 0 Å². The van der Waals surface area contributed by atoms with Gasteiger partial charge in [0.05, 0.1) is 11.8 Å².